The largest absolute Gasteiger partial charge is 0.374 e. The Kier molecular flexibility index (Phi) is 3.14. The number of nitrogen functional groups attached to an aromatic ring is 1. The molecular formula is C12H14N4O2S2. The number of aromatic nitrogens is 2. The van der Waals surface area contributed by atoms with Crippen molar-refractivity contribution >= 4 is 32.2 Å². The van der Waals surface area contributed by atoms with Gasteiger partial charge in [-0.05, 0) is 24.0 Å². The van der Waals surface area contributed by atoms with Crippen molar-refractivity contribution in [3.8, 4) is 0 Å². The Labute approximate surface area is 121 Å². The zero-order chi connectivity index (χ0) is 14.3. The highest BCUT2D eigenvalue weighted by atomic mass is 32.2. The van der Waals surface area contributed by atoms with E-state index >= 15 is 0 Å². The van der Waals surface area contributed by atoms with Gasteiger partial charge in [0.25, 0.3) is 14.4 Å². The molecule has 2 heterocycles. The van der Waals surface area contributed by atoms with E-state index in [0.29, 0.717) is 6.54 Å². The van der Waals surface area contributed by atoms with Gasteiger partial charge in [0.1, 0.15) is 0 Å². The Bertz CT molecular complexity index is 741. The molecule has 1 atom stereocenters. The molecule has 0 spiro atoms. The molecule has 1 aliphatic rings. The Hall–Kier alpha value is -1.67. The highest BCUT2D eigenvalue weighted by Gasteiger charge is 2.34. The average Bonchev–Trinajstić information content (AvgIpc) is 2.85. The van der Waals surface area contributed by atoms with Crippen molar-refractivity contribution in [2.45, 2.75) is 17.7 Å². The summed E-state index contributed by atoms with van der Waals surface area (Å²) in [5.41, 5.74) is 7.24. The van der Waals surface area contributed by atoms with Crippen LogP contribution in [0.3, 0.4) is 0 Å². The van der Waals surface area contributed by atoms with Gasteiger partial charge in [0.15, 0.2) is 0 Å². The summed E-state index contributed by atoms with van der Waals surface area (Å²) in [6.07, 6.45) is 0.875. The van der Waals surface area contributed by atoms with Crippen molar-refractivity contribution in [2.24, 2.45) is 5.92 Å². The molecule has 0 bridgehead atoms. The zero-order valence-corrected chi connectivity index (χ0v) is 12.5. The fraction of sp³-hybridized carbons (Fsp3) is 0.333. The van der Waals surface area contributed by atoms with E-state index in [-0.39, 0.29) is 15.4 Å². The van der Waals surface area contributed by atoms with Crippen molar-refractivity contribution in [3.63, 3.8) is 0 Å². The summed E-state index contributed by atoms with van der Waals surface area (Å²) >= 11 is 0.890. The maximum atomic E-state index is 12.7. The third kappa shape index (κ3) is 2.14. The first-order chi connectivity index (χ1) is 9.48. The predicted molar refractivity (Wildman–Crippen MR) is 78.2 cm³/mol. The first-order valence-electron chi connectivity index (χ1n) is 6.18. The lowest BCUT2D eigenvalue weighted by Gasteiger charge is -2.32. The number of hydrogen-bond donors (Lipinski definition) is 1. The highest BCUT2D eigenvalue weighted by molar-refractivity contribution is 7.94. The number of sulfonamides is 1. The lowest BCUT2D eigenvalue weighted by molar-refractivity contribution is 0.544. The van der Waals surface area contributed by atoms with E-state index in [1.165, 1.54) is 4.31 Å². The van der Waals surface area contributed by atoms with Gasteiger partial charge in [-0.1, -0.05) is 36.5 Å². The van der Waals surface area contributed by atoms with Gasteiger partial charge < -0.3 is 5.73 Å². The summed E-state index contributed by atoms with van der Waals surface area (Å²) in [6.45, 7) is 2.48. The van der Waals surface area contributed by atoms with E-state index in [1.807, 2.05) is 31.2 Å². The Balaban J connectivity index is 2.10. The predicted octanol–water partition coefficient (Wildman–Crippen LogP) is 1.51. The lowest BCUT2D eigenvalue weighted by Crippen LogP contribution is -2.39. The molecule has 0 aliphatic carbocycles. The monoisotopic (exact) mass is 310 g/mol. The van der Waals surface area contributed by atoms with E-state index in [0.717, 1.165) is 29.0 Å². The molecule has 1 aromatic heterocycles. The molecule has 0 saturated carbocycles. The fourth-order valence-electron chi connectivity index (χ4n) is 2.39. The molecule has 1 aromatic carbocycles. The second-order valence-corrected chi connectivity index (χ2v) is 7.93. The maximum Gasteiger partial charge on any atom is 0.293 e. The van der Waals surface area contributed by atoms with E-state index < -0.39 is 10.0 Å². The molecule has 0 saturated heterocycles. The lowest BCUT2D eigenvalue weighted by atomic mass is 9.96. The van der Waals surface area contributed by atoms with Crippen LogP contribution >= 0.6 is 11.3 Å². The molecule has 106 valence electrons. The van der Waals surface area contributed by atoms with Crippen LogP contribution in [0.1, 0.15) is 12.5 Å². The van der Waals surface area contributed by atoms with Crippen LogP contribution in [0.2, 0.25) is 0 Å². The third-order valence-corrected chi connectivity index (χ3v) is 6.12. The Morgan fingerprint density at radius 2 is 2.10 bits per heavy atom. The highest BCUT2D eigenvalue weighted by Crippen LogP contribution is 2.34. The van der Waals surface area contributed by atoms with Gasteiger partial charge in [-0.2, -0.15) is 8.42 Å². The van der Waals surface area contributed by atoms with E-state index in [4.69, 9.17) is 5.73 Å². The fourth-order valence-corrected chi connectivity index (χ4v) is 4.90. The molecule has 2 aromatic rings. The first kappa shape index (κ1) is 13.3. The summed E-state index contributed by atoms with van der Waals surface area (Å²) in [7, 11) is -3.69. The van der Waals surface area contributed by atoms with Gasteiger partial charge in [0.05, 0.1) is 5.69 Å². The van der Waals surface area contributed by atoms with E-state index in [2.05, 4.69) is 10.2 Å². The normalized spacial score (nSPS) is 18.9. The topological polar surface area (TPSA) is 89.2 Å². The van der Waals surface area contributed by atoms with Crippen molar-refractivity contribution in [2.75, 3.05) is 16.6 Å². The number of fused-ring (bicyclic) bond motifs is 1. The molecule has 3 rings (SSSR count). The second-order valence-electron chi connectivity index (χ2n) is 4.88. The molecule has 6 nitrogen and oxygen atoms in total. The van der Waals surface area contributed by atoms with Crippen LogP contribution in [-0.4, -0.2) is 25.2 Å². The SMILES string of the molecule is CC1Cc2ccccc2N(S(=O)(=O)c2nnc(N)s2)C1. The van der Waals surface area contributed by atoms with Gasteiger partial charge >= 0.3 is 0 Å². The van der Waals surface area contributed by atoms with Crippen LogP contribution in [0.15, 0.2) is 28.6 Å². The maximum absolute atomic E-state index is 12.7. The minimum Gasteiger partial charge on any atom is -0.374 e. The smallest absolute Gasteiger partial charge is 0.293 e. The third-order valence-electron chi connectivity index (χ3n) is 3.24. The molecule has 0 radical (unpaired) electrons. The number of nitrogens with two attached hydrogens (primary N) is 1. The quantitative estimate of drug-likeness (QED) is 0.908. The van der Waals surface area contributed by atoms with Crippen LogP contribution in [0.5, 0.6) is 0 Å². The second kappa shape index (κ2) is 4.71. The summed E-state index contributed by atoms with van der Waals surface area (Å²) in [6, 6.07) is 7.54. The van der Waals surface area contributed by atoms with Crippen LogP contribution in [0.4, 0.5) is 10.8 Å². The molecule has 1 unspecified atom stereocenters. The number of para-hydroxylation sites is 1. The molecule has 0 amide bonds. The summed E-state index contributed by atoms with van der Waals surface area (Å²) in [5, 5.41) is 7.42. The van der Waals surface area contributed by atoms with Gasteiger partial charge in [-0.25, -0.2) is 0 Å². The van der Waals surface area contributed by atoms with Crippen LogP contribution < -0.4 is 10.0 Å². The standard InChI is InChI=1S/C12H14N4O2S2/c1-8-6-9-4-2-3-5-10(9)16(7-8)20(17,18)12-15-14-11(13)19-12/h2-5,8H,6-7H2,1H3,(H2,13,14). The number of nitrogens with zero attached hydrogens (tertiary/aromatic N) is 3. The van der Waals surface area contributed by atoms with Gasteiger partial charge in [0.2, 0.25) is 5.13 Å². The molecule has 2 N–H and O–H groups in total. The van der Waals surface area contributed by atoms with Crippen molar-refractivity contribution in [1.82, 2.24) is 10.2 Å². The Morgan fingerprint density at radius 3 is 2.80 bits per heavy atom. The zero-order valence-electron chi connectivity index (χ0n) is 10.9. The molecule has 8 heteroatoms. The van der Waals surface area contributed by atoms with Gasteiger partial charge in [-0.3, -0.25) is 4.31 Å². The number of rotatable bonds is 2. The molecular weight excluding hydrogens is 296 g/mol. The van der Waals surface area contributed by atoms with Crippen LogP contribution in [0, 0.1) is 5.92 Å². The van der Waals surface area contributed by atoms with Gasteiger partial charge in [-0.15, -0.1) is 10.2 Å². The molecule has 1 aliphatic heterocycles. The Morgan fingerprint density at radius 1 is 1.35 bits per heavy atom. The van der Waals surface area contributed by atoms with Crippen molar-refractivity contribution in [3.05, 3.63) is 29.8 Å². The first-order valence-corrected chi connectivity index (χ1v) is 8.44. The minimum atomic E-state index is -3.69. The summed E-state index contributed by atoms with van der Waals surface area (Å²) in [4.78, 5) is 0. The molecule has 20 heavy (non-hydrogen) atoms. The van der Waals surface area contributed by atoms with Gasteiger partial charge in [0, 0.05) is 6.54 Å². The van der Waals surface area contributed by atoms with Crippen LogP contribution in [0.25, 0.3) is 0 Å². The number of hydrogen-bond acceptors (Lipinski definition) is 6. The number of anilines is 2. The summed E-state index contributed by atoms with van der Waals surface area (Å²) in [5.74, 6) is 0.255. The van der Waals surface area contributed by atoms with Crippen molar-refractivity contribution < 1.29 is 8.42 Å². The number of benzene rings is 1. The van der Waals surface area contributed by atoms with E-state index in [9.17, 15) is 8.42 Å². The van der Waals surface area contributed by atoms with E-state index in [1.54, 1.807) is 0 Å². The van der Waals surface area contributed by atoms with Crippen molar-refractivity contribution in [1.29, 1.82) is 0 Å². The van der Waals surface area contributed by atoms with Crippen LogP contribution in [-0.2, 0) is 16.4 Å². The average molecular weight is 310 g/mol. The molecule has 0 fully saturated rings. The minimum absolute atomic E-state index is 0.0566. The summed E-state index contributed by atoms with van der Waals surface area (Å²) < 4.78 is 26.7.